The number of halogens is 1. The third kappa shape index (κ3) is 3.02. The second-order valence-corrected chi connectivity index (χ2v) is 3.34. The predicted molar refractivity (Wildman–Crippen MR) is 55.1 cm³/mol. The zero-order chi connectivity index (χ0) is 11.3. The van der Waals surface area contributed by atoms with Gasteiger partial charge in [0.05, 0.1) is 5.92 Å². The minimum atomic E-state index is -1.01. The number of hydrogen-bond donors (Lipinski definition) is 2. The van der Waals surface area contributed by atoms with Crippen molar-refractivity contribution >= 4 is 5.97 Å². The van der Waals surface area contributed by atoms with Crippen molar-refractivity contribution in [2.24, 2.45) is 5.73 Å². The van der Waals surface area contributed by atoms with Crippen molar-refractivity contribution < 1.29 is 14.3 Å². The van der Waals surface area contributed by atoms with E-state index in [1.54, 1.807) is 12.1 Å². The van der Waals surface area contributed by atoms with Gasteiger partial charge in [-0.2, -0.15) is 0 Å². The van der Waals surface area contributed by atoms with Crippen molar-refractivity contribution in [1.82, 2.24) is 0 Å². The molecule has 1 unspecified atom stereocenters. The van der Waals surface area contributed by atoms with Gasteiger partial charge in [0.15, 0.2) is 0 Å². The Morgan fingerprint density at radius 1 is 1.47 bits per heavy atom. The van der Waals surface area contributed by atoms with Gasteiger partial charge in [0.1, 0.15) is 5.82 Å². The zero-order valence-electron chi connectivity index (χ0n) is 8.32. The Kier molecular flexibility index (Phi) is 4.24. The largest absolute Gasteiger partial charge is 0.481 e. The highest BCUT2D eigenvalue weighted by molar-refractivity contribution is 5.76. The van der Waals surface area contributed by atoms with Crippen molar-refractivity contribution in [3.63, 3.8) is 0 Å². The van der Waals surface area contributed by atoms with Gasteiger partial charge in [0.2, 0.25) is 0 Å². The maximum atomic E-state index is 13.3. The van der Waals surface area contributed by atoms with E-state index in [4.69, 9.17) is 10.8 Å². The summed E-state index contributed by atoms with van der Waals surface area (Å²) >= 11 is 0. The van der Waals surface area contributed by atoms with Crippen LogP contribution in [0.1, 0.15) is 24.3 Å². The SMILES string of the molecule is NCCCC(C(=O)O)c1ccccc1F. The van der Waals surface area contributed by atoms with Crippen LogP contribution in [0.25, 0.3) is 0 Å². The number of carboxylic acids is 1. The second kappa shape index (κ2) is 5.46. The van der Waals surface area contributed by atoms with E-state index in [0.29, 0.717) is 19.4 Å². The van der Waals surface area contributed by atoms with Crippen LogP contribution in [0.4, 0.5) is 4.39 Å². The zero-order valence-corrected chi connectivity index (χ0v) is 8.32. The Morgan fingerprint density at radius 3 is 2.67 bits per heavy atom. The smallest absolute Gasteiger partial charge is 0.311 e. The first-order valence-corrected chi connectivity index (χ1v) is 4.84. The molecule has 0 radical (unpaired) electrons. The average Bonchev–Trinajstić information content (AvgIpc) is 2.20. The first-order chi connectivity index (χ1) is 7.16. The summed E-state index contributed by atoms with van der Waals surface area (Å²) in [4.78, 5) is 11.0. The van der Waals surface area contributed by atoms with Crippen molar-refractivity contribution in [3.8, 4) is 0 Å². The average molecular weight is 211 g/mol. The molecule has 0 aliphatic heterocycles. The van der Waals surface area contributed by atoms with Crippen LogP contribution >= 0.6 is 0 Å². The topological polar surface area (TPSA) is 63.3 Å². The molecule has 1 rings (SSSR count). The molecule has 0 heterocycles. The van der Waals surface area contributed by atoms with Gasteiger partial charge in [-0.05, 0) is 25.5 Å². The van der Waals surface area contributed by atoms with E-state index in [1.165, 1.54) is 12.1 Å². The monoisotopic (exact) mass is 211 g/mol. The molecule has 0 bridgehead atoms. The fourth-order valence-corrected chi connectivity index (χ4v) is 1.49. The lowest BCUT2D eigenvalue weighted by molar-refractivity contribution is -0.139. The molecule has 0 spiro atoms. The molecule has 0 saturated heterocycles. The lowest BCUT2D eigenvalue weighted by Gasteiger charge is -2.12. The minimum absolute atomic E-state index is 0.235. The highest BCUT2D eigenvalue weighted by Crippen LogP contribution is 2.23. The molecule has 0 fully saturated rings. The molecule has 0 aliphatic rings. The summed E-state index contributed by atoms with van der Waals surface area (Å²) in [6.07, 6.45) is 0.943. The molecule has 4 heteroatoms. The second-order valence-electron chi connectivity index (χ2n) is 3.34. The van der Waals surface area contributed by atoms with Gasteiger partial charge >= 0.3 is 5.97 Å². The fraction of sp³-hybridized carbons (Fsp3) is 0.364. The molecule has 0 aliphatic carbocycles. The van der Waals surface area contributed by atoms with Crippen LogP contribution in [-0.4, -0.2) is 17.6 Å². The van der Waals surface area contributed by atoms with Crippen molar-refractivity contribution in [3.05, 3.63) is 35.6 Å². The summed E-state index contributed by atoms with van der Waals surface area (Å²) in [7, 11) is 0. The number of aliphatic carboxylic acids is 1. The molecule has 1 atom stereocenters. The molecule has 15 heavy (non-hydrogen) atoms. The lowest BCUT2D eigenvalue weighted by atomic mass is 9.94. The van der Waals surface area contributed by atoms with E-state index in [1.807, 2.05) is 0 Å². The molecular weight excluding hydrogens is 197 g/mol. The van der Waals surface area contributed by atoms with Gasteiger partial charge in [-0.15, -0.1) is 0 Å². The lowest BCUT2D eigenvalue weighted by Crippen LogP contribution is -2.14. The number of rotatable bonds is 5. The highest BCUT2D eigenvalue weighted by Gasteiger charge is 2.21. The summed E-state index contributed by atoms with van der Waals surface area (Å²) in [5, 5.41) is 8.97. The Labute approximate surface area is 87.7 Å². The van der Waals surface area contributed by atoms with E-state index in [2.05, 4.69) is 0 Å². The van der Waals surface area contributed by atoms with Gasteiger partial charge in [-0.3, -0.25) is 4.79 Å². The van der Waals surface area contributed by atoms with Gasteiger partial charge in [-0.1, -0.05) is 18.2 Å². The predicted octanol–water partition coefficient (Wildman–Crippen LogP) is 1.73. The third-order valence-corrected chi connectivity index (χ3v) is 2.28. The Hall–Kier alpha value is -1.42. The van der Waals surface area contributed by atoms with Gasteiger partial charge in [0.25, 0.3) is 0 Å². The quantitative estimate of drug-likeness (QED) is 0.779. The van der Waals surface area contributed by atoms with E-state index in [0.717, 1.165) is 0 Å². The first kappa shape index (κ1) is 11.7. The van der Waals surface area contributed by atoms with Gasteiger partial charge in [0, 0.05) is 5.56 Å². The number of nitrogens with two attached hydrogens (primary N) is 1. The number of carboxylic acid groups (broad SMARTS) is 1. The first-order valence-electron chi connectivity index (χ1n) is 4.84. The van der Waals surface area contributed by atoms with Crippen LogP contribution < -0.4 is 5.73 Å². The summed E-state index contributed by atoms with van der Waals surface area (Å²) in [5.41, 5.74) is 5.54. The maximum Gasteiger partial charge on any atom is 0.311 e. The number of carbonyl (C=O) groups is 1. The summed E-state index contributed by atoms with van der Waals surface area (Å²) in [5.74, 6) is -2.27. The Morgan fingerprint density at radius 2 is 2.13 bits per heavy atom. The van der Waals surface area contributed by atoms with Gasteiger partial charge < -0.3 is 10.8 Å². The third-order valence-electron chi connectivity index (χ3n) is 2.28. The van der Waals surface area contributed by atoms with Crippen LogP contribution in [0.15, 0.2) is 24.3 Å². The van der Waals surface area contributed by atoms with Crippen LogP contribution in [-0.2, 0) is 4.79 Å². The molecule has 1 aromatic carbocycles. The van der Waals surface area contributed by atoms with Crippen LogP contribution in [0.3, 0.4) is 0 Å². The molecule has 0 amide bonds. The van der Waals surface area contributed by atoms with Crippen molar-refractivity contribution in [1.29, 1.82) is 0 Å². The molecular formula is C11H14FNO2. The Balaban J connectivity index is 2.89. The summed E-state index contributed by atoms with van der Waals surface area (Å²) in [6.45, 7) is 0.415. The fourth-order valence-electron chi connectivity index (χ4n) is 1.49. The van der Waals surface area contributed by atoms with E-state index in [9.17, 15) is 9.18 Å². The minimum Gasteiger partial charge on any atom is -0.481 e. The van der Waals surface area contributed by atoms with Crippen LogP contribution in [0.2, 0.25) is 0 Å². The van der Waals surface area contributed by atoms with Crippen LogP contribution in [0, 0.1) is 5.82 Å². The summed E-state index contributed by atoms with van der Waals surface area (Å²) in [6, 6.07) is 5.95. The Bertz CT molecular complexity index is 341. The molecule has 0 aromatic heterocycles. The number of hydrogen-bond acceptors (Lipinski definition) is 2. The molecule has 82 valence electrons. The molecule has 3 nitrogen and oxygen atoms in total. The normalized spacial score (nSPS) is 12.4. The number of benzene rings is 1. The van der Waals surface area contributed by atoms with Crippen molar-refractivity contribution in [2.75, 3.05) is 6.54 Å². The maximum absolute atomic E-state index is 13.3. The van der Waals surface area contributed by atoms with Crippen LogP contribution in [0.5, 0.6) is 0 Å². The van der Waals surface area contributed by atoms with Crippen molar-refractivity contribution in [2.45, 2.75) is 18.8 Å². The molecule has 0 saturated carbocycles. The van der Waals surface area contributed by atoms with E-state index in [-0.39, 0.29) is 5.56 Å². The molecule has 3 N–H and O–H groups in total. The standard InChI is InChI=1S/C11H14FNO2/c12-10-6-2-1-4-8(10)9(11(14)15)5-3-7-13/h1-2,4,6,9H,3,5,7,13H2,(H,14,15). The van der Waals surface area contributed by atoms with E-state index < -0.39 is 17.7 Å². The van der Waals surface area contributed by atoms with Gasteiger partial charge in [-0.25, -0.2) is 4.39 Å². The highest BCUT2D eigenvalue weighted by atomic mass is 19.1. The summed E-state index contributed by atoms with van der Waals surface area (Å²) < 4.78 is 13.3. The van der Waals surface area contributed by atoms with E-state index >= 15 is 0 Å². The molecule has 1 aromatic rings.